The van der Waals surface area contributed by atoms with Gasteiger partial charge in [-0.2, -0.15) is 0 Å². The lowest BCUT2D eigenvalue weighted by atomic mass is 10.0. The zero-order valence-corrected chi connectivity index (χ0v) is 13.2. The highest BCUT2D eigenvalue weighted by Gasteiger charge is 2.17. The van der Waals surface area contributed by atoms with E-state index in [0.29, 0.717) is 5.56 Å². The van der Waals surface area contributed by atoms with Gasteiger partial charge in [0.05, 0.1) is 13.2 Å². The van der Waals surface area contributed by atoms with Gasteiger partial charge >= 0.3 is 0 Å². The van der Waals surface area contributed by atoms with Gasteiger partial charge in [0.15, 0.2) is 5.78 Å². The molecule has 0 saturated heterocycles. The van der Waals surface area contributed by atoms with Crippen molar-refractivity contribution in [1.29, 1.82) is 0 Å². The van der Waals surface area contributed by atoms with Crippen LogP contribution in [0.15, 0.2) is 40.9 Å². The van der Waals surface area contributed by atoms with E-state index in [0.717, 1.165) is 15.2 Å². The molecular formula is C16H18BrNO2. The van der Waals surface area contributed by atoms with E-state index in [1.54, 1.807) is 0 Å². The smallest absolute Gasteiger partial charge is 0.176 e. The molecule has 2 N–H and O–H groups in total. The highest BCUT2D eigenvalue weighted by molar-refractivity contribution is 9.10. The highest BCUT2D eigenvalue weighted by Crippen LogP contribution is 2.21. The molecule has 2 aromatic rings. The molecule has 0 aromatic heterocycles. The monoisotopic (exact) mass is 335 g/mol. The Bertz CT molecular complexity index is 637. The molecule has 2 rings (SSSR count). The maximum Gasteiger partial charge on any atom is 0.176 e. The Morgan fingerprint density at radius 2 is 1.85 bits per heavy atom. The highest BCUT2D eigenvalue weighted by atomic mass is 79.9. The number of Topliss-reactive ketones (excluding diaryl/α,β-unsaturated/α-hetero) is 1. The number of rotatable bonds is 5. The van der Waals surface area contributed by atoms with E-state index in [1.807, 2.05) is 50.2 Å². The van der Waals surface area contributed by atoms with Crippen molar-refractivity contribution in [1.82, 2.24) is 5.32 Å². The summed E-state index contributed by atoms with van der Waals surface area (Å²) in [5, 5.41) is 14.4. The second kappa shape index (κ2) is 6.04. The van der Waals surface area contributed by atoms with Gasteiger partial charge in [0, 0.05) is 15.6 Å². The number of ketones is 1. The number of aliphatic hydroxyl groups excluding tert-OH is 1. The van der Waals surface area contributed by atoms with Gasteiger partial charge in [-0.15, -0.1) is 0 Å². The topological polar surface area (TPSA) is 49.3 Å². The molecule has 0 aliphatic rings. The van der Waals surface area contributed by atoms with Crippen molar-refractivity contribution in [3.8, 4) is 0 Å². The van der Waals surface area contributed by atoms with Crippen molar-refractivity contribution in [2.24, 2.45) is 0 Å². The summed E-state index contributed by atoms with van der Waals surface area (Å²) in [4.78, 5) is 12.2. The minimum absolute atomic E-state index is 0.00791. The summed E-state index contributed by atoms with van der Waals surface area (Å²) in [7, 11) is 0. The van der Waals surface area contributed by atoms with Crippen LogP contribution in [0.5, 0.6) is 0 Å². The second-order valence-electron chi connectivity index (χ2n) is 5.52. The van der Waals surface area contributed by atoms with Gasteiger partial charge in [-0.25, -0.2) is 0 Å². The van der Waals surface area contributed by atoms with Crippen LogP contribution in [0, 0.1) is 0 Å². The first-order chi connectivity index (χ1) is 9.41. The molecule has 2 aromatic carbocycles. The average Bonchev–Trinajstić information content (AvgIpc) is 2.44. The van der Waals surface area contributed by atoms with Gasteiger partial charge in [0.1, 0.15) is 0 Å². The first-order valence-corrected chi connectivity index (χ1v) is 7.29. The first kappa shape index (κ1) is 15.2. The molecule has 0 amide bonds. The number of carbonyl (C=O) groups is 1. The zero-order valence-electron chi connectivity index (χ0n) is 11.6. The maximum absolute atomic E-state index is 12.2. The average molecular weight is 336 g/mol. The van der Waals surface area contributed by atoms with Crippen LogP contribution in [-0.4, -0.2) is 29.6 Å². The zero-order chi connectivity index (χ0) is 14.8. The Morgan fingerprint density at radius 3 is 2.55 bits per heavy atom. The van der Waals surface area contributed by atoms with Gasteiger partial charge in [-0.05, 0) is 42.8 Å². The second-order valence-corrected chi connectivity index (χ2v) is 6.44. The van der Waals surface area contributed by atoms with Crippen LogP contribution in [0.3, 0.4) is 0 Å². The minimum atomic E-state index is -0.447. The quantitative estimate of drug-likeness (QED) is 0.825. The lowest BCUT2D eigenvalue weighted by molar-refractivity contribution is 0.0968. The number of fused-ring (bicyclic) bond motifs is 1. The van der Waals surface area contributed by atoms with Crippen molar-refractivity contribution in [2.75, 3.05) is 13.2 Å². The van der Waals surface area contributed by atoms with Crippen molar-refractivity contribution in [3.63, 3.8) is 0 Å². The summed E-state index contributed by atoms with van der Waals surface area (Å²) in [5.41, 5.74) is 0.234. The van der Waals surface area contributed by atoms with Crippen LogP contribution in [0.4, 0.5) is 0 Å². The SMILES string of the molecule is CC(C)(CO)NCC(=O)c1ccc2cc(Br)ccc2c1. The number of benzene rings is 2. The molecule has 0 saturated carbocycles. The Balaban J connectivity index is 2.16. The van der Waals surface area contributed by atoms with E-state index < -0.39 is 5.54 Å². The molecule has 0 bridgehead atoms. The van der Waals surface area contributed by atoms with E-state index in [4.69, 9.17) is 5.11 Å². The van der Waals surface area contributed by atoms with Crippen LogP contribution in [0.25, 0.3) is 10.8 Å². The normalized spacial score (nSPS) is 11.8. The van der Waals surface area contributed by atoms with E-state index in [2.05, 4.69) is 21.2 Å². The third-order valence-electron chi connectivity index (χ3n) is 3.25. The Labute approximate surface area is 127 Å². The molecular weight excluding hydrogens is 318 g/mol. The molecule has 0 heterocycles. The fourth-order valence-corrected chi connectivity index (χ4v) is 2.25. The number of hydrogen-bond donors (Lipinski definition) is 2. The Morgan fingerprint density at radius 1 is 1.20 bits per heavy atom. The van der Waals surface area contributed by atoms with E-state index in [1.165, 1.54) is 0 Å². The van der Waals surface area contributed by atoms with Crippen LogP contribution in [-0.2, 0) is 0 Å². The van der Waals surface area contributed by atoms with E-state index in [9.17, 15) is 4.79 Å². The van der Waals surface area contributed by atoms with Crippen molar-refractivity contribution < 1.29 is 9.90 Å². The fourth-order valence-electron chi connectivity index (χ4n) is 1.87. The third-order valence-corrected chi connectivity index (χ3v) is 3.74. The largest absolute Gasteiger partial charge is 0.394 e. The first-order valence-electron chi connectivity index (χ1n) is 6.50. The van der Waals surface area contributed by atoms with Crippen molar-refractivity contribution in [3.05, 3.63) is 46.4 Å². The van der Waals surface area contributed by atoms with Crippen LogP contribution in [0.2, 0.25) is 0 Å². The van der Waals surface area contributed by atoms with Crippen molar-refractivity contribution in [2.45, 2.75) is 19.4 Å². The summed E-state index contributed by atoms with van der Waals surface area (Å²) in [6.45, 7) is 3.93. The standard InChI is InChI=1S/C16H18BrNO2/c1-16(2,10-19)18-9-15(20)13-4-3-12-8-14(17)6-5-11(12)7-13/h3-8,18-19H,9-10H2,1-2H3. The summed E-state index contributed by atoms with van der Waals surface area (Å²) in [6.07, 6.45) is 0. The summed E-state index contributed by atoms with van der Waals surface area (Å²) in [5.74, 6) is 0.0244. The predicted octanol–water partition coefficient (Wildman–Crippen LogP) is 3.15. The molecule has 0 atom stereocenters. The third kappa shape index (κ3) is 3.66. The number of nitrogens with one attached hydrogen (secondary N) is 1. The number of carbonyl (C=O) groups excluding carboxylic acids is 1. The van der Waals surface area contributed by atoms with Gasteiger partial charge in [0.2, 0.25) is 0 Å². The molecule has 4 heteroatoms. The van der Waals surface area contributed by atoms with Crippen molar-refractivity contribution >= 4 is 32.5 Å². The molecule has 3 nitrogen and oxygen atoms in total. The molecule has 0 radical (unpaired) electrons. The van der Waals surface area contributed by atoms with Gasteiger partial charge < -0.3 is 10.4 Å². The van der Waals surface area contributed by atoms with Crippen LogP contribution in [0.1, 0.15) is 24.2 Å². The Hall–Kier alpha value is -1.23. The van der Waals surface area contributed by atoms with Crippen LogP contribution < -0.4 is 5.32 Å². The Kier molecular flexibility index (Phi) is 4.58. The molecule has 0 unspecified atom stereocenters. The lowest BCUT2D eigenvalue weighted by Crippen LogP contribution is -2.45. The molecule has 0 spiro atoms. The molecule has 0 fully saturated rings. The number of halogens is 1. The van der Waals surface area contributed by atoms with Gasteiger partial charge in [-0.1, -0.05) is 34.1 Å². The summed E-state index contributed by atoms with van der Waals surface area (Å²) in [6, 6.07) is 11.7. The molecule has 20 heavy (non-hydrogen) atoms. The van der Waals surface area contributed by atoms with Gasteiger partial charge in [0.25, 0.3) is 0 Å². The minimum Gasteiger partial charge on any atom is -0.394 e. The van der Waals surface area contributed by atoms with Gasteiger partial charge in [-0.3, -0.25) is 4.79 Å². The maximum atomic E-state index is 12.2. The lowest BCUT2D eigenvalue weighted by Gasteiger charge is -2.23. The predicted molar refractivity (Wildman–Crippen MR) is 85.1 cm³/mol. The molecule has 0 aliphatic carbocycles. The molecule has 0 aliphatic heterocycles. The number of aliphatic hydroxyl groups is 1. The van der Waals surface area contributed by atoms with E-state index >= 15 is 0 Å². The summed E-state index contributed by atoms with van der Waals surface area (Å²) >= 11 is 3.43. The van der Waals surface area contributed by atoms with Crippen LogP contribution >= 0.6 is 15.9 Å². The number of hydrogen-bond acceptors (Lipinski definition) is 3. The molecule has 106 valence electrons. The van der Waals surface area contributed by atoms with E-state index in [-0.39, 0.29) is 18.9 Å². The summed E-state index contributed by atoms with van der Waals surface area (Å²) < 4.78 is 1.02. The fraction of sp³-hybridized carbons (Fsp3) is 0.312.